The third-order valence-corrected chi connectivity index (χ3v) is 3.95. The SMILES string of the molecule is Cc1ccc(-c2cc(C(=O)NC3(C(=O)O)CCOC3)[nH]n2)cc1. The Kier molecular flexibility index (Phi) is 3.87. The molecule has 2 heterocycles. The molecule has 0 radical (unpaired) electrons. The first kappa shape index (κ1) is 15.2. The predicted octanol–water partition coefficient (Wildman–Crippen LogP) is 1.36. The molecule has 1 fully saturated rings. The van der Waals surface area contributed by atoms with Crippen LogP contribution in [0.3, 0.4) is 0 Å². The highest BCUT2D eigenvalue weighted by atomic mass is 16.5. The number of aromatic amines is 1. The van der Waals surface area contributed by atoms with Crippen LogP contribution in [0.2, 0.25) is 0 Å². The van der Waals surface area contributed by atoms with E-state index in [9.17, 15) is 14.7 Å². The van der Waals surface area contributed by atoms with Gasteiger partial charge in [-0.05, 0) is 13.0 Å². The Hall–Kier alpha value is -2.67. The zero-order valence-electron chi connectivity index (χ0n) is 12.6. The highest BCUT2D eigenvalue weighted by Gasteiger charge is 2.44. The maximum absolute atomic E-state index is 12.3. The molecular weight excluding hydrogens is 298 g/mol. The Morgan fingerprint density at radius 1 is 1.35 bits per heavy atom. The molecule has 0 aliphatic carbocycles. The zero-order chi connectivity index (χ0) is 16.4. The van der Waals surface area contributed by atoms with Gasteiger partial charge in [-0.1, -0.05) is 29.8 Å². The topological polar surface area (TPSA) is 104 Å². The number of benzene rings is 1. The van der Waals surface area contributed by atoms with Gasteiger partial charge in [-0.25, -0.2) is 4.79 Å². The molecule has 1 atom stereocenters. The van der Waals surface area contributed by atoms with Crippen molar-refractivity contribution in [3.8, 4) is 11.3 Å². The van der Waals surface area contributed by atoms with Gasteiger partial charge in [0.25, 0.3) is 5.91 Å². The molecule has 2 aromatic rings. The number of carboxylic acid groups (broad SMARTS) is 1. The lowest BCUT2D eigenvalue weighted by Gasteiger charge is -2.23. The van der Waals surface area contributed by atoms with E-state index in [1.54, 1.807) is 6.07 Å². The van der Waals surface area contributed by atoms with Crippen molar-refractivity contribution < 1.29 is 19.4 Å². The molecule has 1 aromatic heterocycles. The lowest BCUT2D eigenvalue weighted by Crippen LogP contribution is -2.55. The van der Waals surface area contributed by atoms with Crippen LogP contribution in [0.5, 0.6) is 0 Å². The highest BCUT2D eigenvalue weighted by Crippen LogP contribution is 2.21. The molecule has 1 aliphatic heterocycles. The minimum absolute atomic E-state index is 0.0347. The number of carbonyl (C=O) groups excluding carboxylic acids is 1. The number of hydrogen-bond donors (Lipinski definition) is 3. The number of carbonyl (C=O) groups is 2. The Morgan fingerprint density at radius 3 is 2.70 bits per heavy atom. The van der Waals surface area contributed by atoms with Crippen LogP contribution < -0.4 is 5.32 Å². The van der Waals surface area contributed by atoms with Crippen LogP contribution in [-0.4, -0.2) is 45.9 Å². The summed E-state index contributed by atoms with van der Waals surface area (Å²) in [6, 6.07) is 9.34. The zero-order valence-corrected chi connectivity index (χ0v) is 12.6. The van der Waals surface area contributed by atoms with E-state index in [1.165, 1.54) is 0 Å². The summed E-state index contributed by atoms with van der Waals surface area (Å²) in [5.74, 6) is -1.61. The van der Waals surface area contributed by atoms with Crippen molar-refractivity contribution in [2.75, 3.05) is 13.2 Å². The van der Waals surface area contributed by atoms with E-state index in [1.807, 2.05) is 31.2 Å². The maximum Gasteiger partial charge on any atom is 0.331 e. The van der Waals surface area contributed by atoms with Crippen molar-refractivity contribution in [3.05, 3.63) is 41.6 Å². The lowest BCUT2D eigenvalue weighted by atomic mass is 9.99. The van der Waals surface area contributed by atoms with Crippen LogP contribution in [0.25, 0.3) is 11.3 Å². The molecule has 3 rings (SSSR count). The van der Waals surface area contributed by atoms with Gasteiger partial charge in [0.05, 0.1) is 12.3 Å². The molecule has 120 valence electrons. The van der Waals surface area contributed by atoms with E-state index < -0.39 is 17.4 Å². The van der Waals surface area contributed by atoms with Crippen LogP contribution in [0.15, 0.2) is 30.3 Å². The van der Waals surface area contributed by atoms with Crippen LogP contribution in [0.1, 0.15) is 22.5 Å². The second kappa shape index (κ2) is 5.85. The number of hydrogen-bond acceptors (Lipinski definition) is 4. The van der Waals surface area contributed by atoms with Crippen LogP contribution in [0.4, 0.5) is 0 Å². The smallest absolute Gasteiger partial charge is 0.331 e. The number of nitrogens with one attached hydrogen (secondary N) is 2. The second-order valence-corrected chi connectivity index (χ2v) is 5.68. The number of carboxylic acids is 1. The van der Waals surface area contributed by atoms with Crippen molar-refractivity contribution in [2.24, 2.45) is 0 Å². The Bertz CT molecular complexity index is 730. The fourth-order valence-electron chi connectivity index (χ4n) is 2.48. The first-order chi connectivity index (χ1) is 11.0. The third-order valence-electron chi connectivity index (χ3n) is 3.95. The monoisotopic (exact) mass is 315 g/mol. The van der Waals surface area contributed by atoms with Gasteiger partial charge in [-0.15, -0.1) is 0 Å². The first-order valence-corrected chi connectivity index (χ1v) is 7.26. The van der Waals surface area contributed by atoms with Gasteiger partial charge in [-0.2, -0.15) is 5.10 Å². The maximum atomic E-state index is 12.3. The fraction of sp³-hybridized carbons (Fsp3) is 0.312. The van der Waals surface area contributed by atoms with E-state index in [2.05, 4.69) is 15.5 Å². The number of amides is 1. The van der Waals surface area contributed by atoms with Gasteiger partial charge < -0.3 is 15.2 Å². The van der Waals surface area contributed by atoms with Crippen molar-refractivity contribution >= 4 is 11.9 Å². The van der Waals surface area contributed by atoms with Gasteiger partial charge >= 0.3 is 5.97 Å². The standard InChI is InChI=1S/C16H17N3O4/c1-10-2-4-11(5-3-10)12-8-13(19-18-12)14(20)17-16(15(21)22)6-7-23-9-16/h2-5,8H,6-7,9H2,1H3,(H,17,20)(H,18,19)(H,21,22). The summed E-state index contributed by atoms with van der Waals surface area (Å²) in [5, 5.41) is 18.7. The van der Waals surface area contributed by atoms with Crippen LogP contribution in [-0.2, 0) is 9.53 Å². The average Bonchev–Trinajstić information content (AvgIpc) is 3.17. The molecule has 23 heavy (non-hydrogen) atoms. The quantitative estimate of drug-likeness (QED) is 0.790. The summed E-state index contributed by atoms with van der Waals surface area (Å²) in [5.41, 5.74) is 1.48. The number of aromatic nitrogens is 2. The normalized spacial score (nSPS) is 20.4. The van der Waals surface area contributed by atoms with E-state index in [0.717, 1.165) is 11.1 Å². The van der Waals surface area contributed by atoms with E-state index >= 15 is 0 Å². The molecule has 1 amide bonds. The summed E-state index contributed by atoms with van der Waals surface area (Å²) in [4.78, 5) is 23.7. The van der Waals surface area contributed by atoms with Crippen LogP contribution >= 0.6 is 0 Å². The minimum Gasteiger partial charge on any atom is -0.479 e. The second-order valence-electron chi connectivity index (χ2n) is 5.68. The van der Waals surface area contributed by atoms with E-state index in [4.69, 9.17) is 4.74 Å². The third kappa shape index (κ3) is 2.95. The van der Waals surface area contributed by atoms with Crippen LogP contribution in [0, 0.1) is 6.92 Å². The number of aryl methyl sites for hydroxylation is 1. The molecule has 0 saturated carbocycles. The summed E-state index contributed by atoms with van der Waals surface area (Å²) in [6.45, 7) is 2.26. The molecule has 1 saturated heterocycles. The average molecular weight is 315 g/mol. The number of aliphatic carboxylic acids is 1. The van der Waals surface area contributed by atoms with Crippen molar-refractivity contribution in [1.82, 2.24) is 15.5 Å². The van der Waals surface area contributed by atoms with Gasteiger partial charge in [-0.3, -0.25) is 9.89 Å². The van der Waals surface area contributed by atoms with Gasteiger partial charge in [0.15, 0.2) is 5.54 Å². The molecule has 7 heteroatoms. The van der Waals surface area contributed by atoms with Gasteiger partial charge in [0, 0.05) is 18.6 Å². The lowest BCUT2D eigenvalue weighted by molar-refractivity contribution is -0.144. The Morgan fingerprint density at radius 2 is 2.09 bits per heavy atom. The molecule has 1 aliphatic rings. The molecule has 0 spiro atoms. The Labute approximate surface area is 132 Å². The summed E-state index contributed by atoms with van der Waals surface area (Å²) in [6.07, 6.45) is 0.243. The summed E-state index contributed by atoms with van der Waals surface area (Å²) >= 11 is 0. The number of nitrogens with zero attached hydrogens (tertiary/aromatic N) is 1. The summed E-state index contributed by atoms with van der Waals surface area (Å²) < 4.78 is 5.12. The minimum atomic E-state index is -1.37. The van der Waals surface area contributed by atoms with E-state index in [-0.39, 0.29) is 18.7 Å². The van der Waals surface area contributed by atoms with Crippen molar-refractivity contribution in [1.29, 1.82) is 0 Å². The van der Waals surface area contributed by atoms with Crippen molar-refractivity contribution in [2.45, 2.75) is 18.9 Å². The molecule has 1 aromatic carbocycles. The number of H-pyrrole nitrogens is 1. The predicted molar refractivity (Wildman–Crippen MR) is 82.0 cm³/mol. The van der Waals surface area contributed by atoms with E-state index in [0.29, 0.717) is 12.3 Å². The molecule has 0 bridgehead atoms. The summed E-state index contributed by atoms with van der Waals surface area (Å²) in [7, 11) is 0. The molecular formula is C16H17N3O4. The molecule has 1 unspecified atom stereocenters. The molecule has 7 nitrogen and oxygen atoms in total. The number of ether oxygens (including phenoxy) is 1. The highest BCUT2D eigenvalue weighted by molar-refractivity contribution is 5.97. The first-order valence-electron chi connectivity index (χ1n) is 7.26. The van der Waals surface area contributed by atoms with Crippen molar-refractivity contribution in [3.63, 3.8) is 0 Å². The fourth-order valence-corrected chi connectivity index (χ4v) is 2.48. The molecule has 3 N–H and O–H groups in total. The largest absolute Gasteiger partial charge is 0.479 e. The van der Waals surface area contributed by atoms with Gasteiger partial charge in [0.1, 0.15) is 5.69 Å². The number of rotatable bonds is 4. The van der Waals surface area contributed by atoms with Gasteiger partial charge in [0.2, 0.25) is 0 Å². The Balaban J connectivity index is 1.78.